The van der Waals surface area contributed by atoms with Crippen molar-refractivity contribution in [3.8, 4) is 5.75 Å². The van der Waals surface area contributed by atoms with Crippen molar-refractivity contribution in [3.63, 3.8) is 0 Å². The van der Waals surface area contributed by atoms with Crippen molar-refractivity contribution < 1.29 is 14.3 Å². The first-order chi connectivity index (χ1) is 15.4. The summed E-state index contributed by atoms with van der Waals surface area (Å²) in [6, 6.07) is 15.1. The van der Waals surface area contributed by atoms with E-state index < -0.39 is 0 Å². The molecule has 2 atom stereocenters. The third kappa shape index (κ3) is 4.29. The number of hydrogen-bond donors (Lipinski definition) is 0. The van der Waals surface area contributed by atoms with Crippen LogP contribution in [0, 0.1) is 18.8 Å². The van der Waals surface area contributed by atoms with Gasteiger partial charge in [0.25, 0.3) is 11.8 Å². The summed E-state index contributed by atoms with van der Waals surface area (Å²) in [5.74, 6) is 1.07. The molecule has 2 unspecified atom stereocenters. The maximum absolute atomic E-state index is 13.8. The highest BCUT2D eigenvalue weighted by molar-refractivity contribution is 6.45. The largest absolute Gasteiger partial charge is 0.494 e. The minimum absolute atomic E-state index is 0.250. The van der Waals surface area contributed by atoms with E-state index >= 15 is 0 Å². The summed E-state index contributed by atoms with van der Waals surface area (Å²) >= 11 is 0. The van der Waals surface area contributed by atoms with Crippen LogP contribution in [-0.2, 0) is 9.59 Å². The third-order valence-corrected chi connectivity index (χ3v) is 6.13. The van der Waals surface area contributed by atoms with E-state index in [2.05, 4.69) is 18.7 Å². The number of anilines is 1. The molecule has 5 heteroatoms. The van der Waals surface area contributed by atoms with Crippen LogP contribution < -0.4 is 9.64 Å². The van der Waals surface area contributed by atoms with Crippen LogP contribution in [0.3, 0.4) is 0 Å². The molecule has 2 aliphatic heterocycles. The Labute approximate surface area is 190 Å². The van der Waals surface area contributed by atoms with Gasteiger partial charge in [0.1, 0.15) is 11.4 Å². The molecule has 2 amide bonds. The van der Waals surface area contributed by atoms with Crippen LogP contribution in [-0.4, -0.2) is 36.4 Å². The van der Waals surface area contributed by atoms with Crippen LogP contribution in [0.15, 0.2) is 54.2 Å². The van der Waals surface area contributed by atoms with E-state index in [0.717, 1.165) is 37.1 Å². The molecule has 2 aromatic carbocycles. The zero-order valence-corrected chi connectivity index (χ0v) is 19.4. The minimum Gasteiger partial charge on any atom is -0.494 e. The van der Waals surface area contributed by atoms with Gasteiger partial charge in [0.2, 0.25) is 0 Å². The highest BCUT2D eigenvalue weighted by Crippen LogP contribution is 2.38. The van der Waals surface area contributed by atoms with Gasteiger partial charge in [0.15, 0.2) is 0 Å². The molecule has 32 heavy (non-hydrogen) atoms. The smallest absolute Gasteiger partial charge is 0.282 e. The average Bonchev–Trinajstić information content (AvgIpc) is 3.02. The second kappa shape index (κ2) is 9.19. The molecule has 0 spiro atoms. The lowest BCUT2D eigenvalue weighted by atomic mass is 9.91. The Balaban J connectivity index is 1.77. The molecule has 0 N–H and O–H groups in total. The molecule has 2 heterocycles. The number of imide groups is 1. The lowest BCUT2D eigenvalue weighted by Gasteiger charge is -2.37. The van der Waals surface area contributed by atoms with E-state index in [1.165, 1.54) is 4.90 Å². The summed E-state index contributed by atoms with van der Waals surface area (Å²) in [5, 5.41) is 0. The second-order valence-corrected chi connectivity index (χ2v) is 9.23. The summed E-state index contributed by atoms with van der Waals surface area (Å²) in [7, 11) is 0. The van der Waals surface area contributed by atoms with Crippen LogP contribution in [0.1, 0.15) is 44.7 Å². The summed E-state index contributed by atoms with van der Waals surface area (Å²) in [5.41, 5.74) is 3.47. The molecule has 1 fully saturated rings. The first-order valence-electron chi connectivity index (χ1n) is 11.6. The molecule has 168 valence electrons. The number of nitrogens with zero attached hydrogens (tertiary/aromatic N) is 2. The van der Waals surface area contributed by atoms with E-state index in [9.17, 15) is 9.59 Å². The fourth-order valence-corrected chi connectivity index (χ4v) is 4.80. The highest BCUT2D eigenvalue weighted by atomic mass is 16.5. The maximum atomic E-state index is 13.8. The Morgan fingerprint density at radius 3 is 2.31 bits per heavy atom. The first-order valence-corrected chi connectivity index (χ1v) is 11.6. The number of piperidine rings is 1. The number of ether oxygens (including phenoxy) is 1. The van der Waals surface area contributed by atoms with Crippen molar-refractivity contribution in [2.45, 2.75) is 40.5 Å². The molecule has 2 aliphatic rings. The monoisotopic (exact) mass is 432 g/mol. The number of amides is 2. The lowest BCUT2D eigenvalue weighted by Crippen LogP contribution is -2.42. The van der Waals surface area contributed by atoms with Crippen LogP contribution >= 0.6 is 0 Å². The summed E-state index contributed by atoms with van der Waals surface area (Å²) in [4.78, 5) is 30.9. The van der Waals surface area contributed by atoms with Crippen LogP contribution in [0.5, 0.6) is 5.75 Å². The van der Waals surface area contributed by atoms with Gasteiger partial charge >= 0.3 is 0 Å². The predicted molar refractivity (Wildman–Crippen MR) is 127 cm³/mol. The van der Waals surface area contributed by atoms with E-state index in [0.29, 0.717) is 41.1 Å². The van der Waals surface area contributed by atoms with Gasteiger partial charge in [0.05, 0.1) is 17.9 Å². The third-order valence-electron chi connectivity index (χ3n) is 6.13. The Morgan fingerprint density at radius 1 is 0.969 bits per heavy atom. The van der Waals surface area contributed by atoms with Crippen molar-refractivity contribution in [2.24, 2.45) is 11.8 Å². The molecule has 0 aliphatic carbocycles. The first kappa shape index (κ1) is 22.1. The SMILES string of the molecule is CCCOc1cccc(N2C(=O)C(c3ccc(C)cc3)=C(N3CC(C)CC(C)C3)C2=O)c1. The van der Waals surface area contributed by atoms with E-state index in [4.69, 9.17) is 4.74 Å². The van der Waals surface area contributed by atoms with Crippen LogP contribution in [0.2, 0.25) is 0 Å². The average molecular weight is 433 g/mol. The standard InChI is InChI=1S/C27H32N2O3/c1-5-13-32-23-8-6-7-22(15-23)29-26(30)24(21-11-9-18(2)10-12-21)25(27(29)31)28-16-19(3)14-20(4)17-28/h6-12,15,19-20H,5,13-14,16-17H2,1-4H3. The van der Waals surface area contributed by atoms with E-state index in [1.807, 2.05) is 50.2 Å². The lowest BCUT2D eigenvalue weighted by molar-refractivity contribution is -0.120. The maximum Gasteiger partial charge on any atom is 0.282 e. The number of benzene rings is 2. The molecule has 0 aromatic heterocycles. The van der Waals surface area contributed by atoms with Gasteiger partial charge in [-0.05, 0) is 49.3 Å². The second-order valence-electron chi connectivity index (χ2n) is 9.23. The van der Waals surface area contributed by atoms with Gasteiger partial charge in [-0.3, -0.25) is 9.59 Å². The number of carbonyl (C=O) groups excluding carboxylic acids is 2. The van der Waals surface area contributed by atoms with Gasteiger partial charge in [-0.25, -0.2) is 4.90 Å². The topological polar surface area (TPSA) is 49.9 Å². The molecule has 1 saturated heterocycles. The number of carbonyl (C=O) groups is 2. The van der Waals surface area contributed by atoms with Crippen molar-refractivity contribution in [1.82, 2.24) is 4.90 Å². The Hall–Kier alpha value is -3.08. The quantitative estimate of drug-likeness (QED) is 0.600. The van der Waals surface area contributed by atoms with E-state index in [-0.39, 0.29) is 11.8 Å². The molecule has 4 rings (SSSR count). The van der Waals surface area contributed by atoms with Crippen molar-refractivity contribution in [1.29, 1.82) is 0 Å². The number of aryl methyl sites for hydroxylation is 1. The summed E-state index contributed by atoms with van der Waals surface area (Å²) in [6.45, 7) is 10.6. The van der Waals surface area contributed by atoms with Crippen molar-refractivity contribution >= 4 is 23.1 Å². The normalized spacial score (nSPS) is 21.5. The Morgan fingerprint density at radius 2 is 1.66 bits per heavy atom. The van der Waals surface area contributed by atoms with Gasteiger partial charge in [-0.1, -0.05) is 56.7 Å². The Kier molecular flexibility index (Phi) is 6.35. The molecular formula is C27H32N2O3. The molecule has 5 nitrogen and oxygen atoms in total. The zero-order chi connectivity index (χ0) is 22.8. The minimum atomic E-state index is -0.271. The van der Waals surface area contributed by atoms with Crippen LogP contribution in [0.25, 0.3) is 5.57 Å². The number of likely N-dealkylation sites (tertiary alicyclic amines) is 1. The zero-order valence-electron chi connectivity index (χ0n) is 19.4. The van der Waals surface area contributed by atoms with Gasteiger partial charge in [-0.15, -0.1) is 0 Å². The number of rotatable bonds is 6. The van der Waals surface area contributed by atoms with E-state index in [1.54, 1.807) is 12.1 Å². The summed E-state index contributed by atoms with van der Waals surface area (Å²) < 4.78 is 5.75. The predicted octanol–water partition coefficient (Wildman–Crippen LogP) is 5.05. The molecule has 0 bridgehead atoms. The molecular weight excluding hydrogens is 400 g/mol. The van der Waals surface area contributed by atoms with Gasteiger partial charge < -0.3 is 9.64 Å². The van der Waals surface area contributed by atoms with Crippen molar-refractivity contribution in [2.75, 3.05) is 24.6 Å². The molecule has 2 aromatic rings. The fraction of sp³-hybridized carbons (Fsp3) is 0.407. The Bertz CT molecular complexity index is 1030. The van der Waals surface area contributed by atoms with Gasteiger partial charge in [-0.2, -0.15) is 0 Å². The highest BCUT2D eigenvalue weighted by Gasteiger charge is 2.43. The van der Waals surface area contributed by atoms with Gasteiger partial charge in [0, 0.05) is 19.2 Å². The molecule has 0 radical (unpaired) electrons. The van der Waals surface area contributed by atoms with Crippen molar-refractivity contribution in [3.05, 3.63) is 65.4 Å². The molecule has 0 saturated carbocycles. The number of hydrogen-bond acceptors (Lipinski definition) is 4. The summed E-state index contributed by atoms with van der Waals surface area (Å²) in [6.07, 6.45) is 2.02. The fourth-order valence-electron chi connectivity index (χ4n) is 4.80. The van der Waals surface area contributed by atoms with Crippen LogP contribution in [0.4, 0.5) is 5.69 Å².